The highest BCUT2D eigenvalue weighted by Crippen LogP contribution is 2.16. The number of carbonyl (C=O) groups is 2. The summed E-state index contributed by atoms with van der Waals surface area (Å²) in [5.74, 6) is -3.02. The van der Waals surface area contributed by atoms with Crippen LogP contribution in [0.25, 0.3) is 0 Å². The molecule has 74 valence electrons. The molecule has 5 N–H and O–H groups in total. The molecule has 13 heavy (non-hydrogen) atoms. The van der Waals surface area contributed by atoms with Crippen molar-refractivity contribution in [2.75, 3.05) is 0 Å². The van der Waals surface area contributed by atoms with E-state index in [0.29, 0.717) is 0 Å². The number of carboxylic acids is 1. The highest BCUT2D eigenvalue weighted by molar-refractivity contribution is 5.90. The van der Waals surface area contributed by atoms with E-state index in [1.165, 1.54) is 0 Å². The van der Waals surface area contributed by atoms with E-state index in [-0.39, 0.29) is 0 Å². The molecule has 6 nitrogen and oxygen atoms in total. The van der Waals surface area contributed by atoms with Gasteiger partial charge in [0.15, 0.2) is 11.7 Å². The first-order chi connectivity index (χ1) is 5.86. The topological polar surface area (TPSA) is 121 Å². The standard InChI is InChI=1S/C7H11NO5/c1-2-3-7(13,6(8)12)4(9)5(10)11/h2,4,9,13H,1,3H2,(H2,8,12)(H,10,11). The number of rotatable bonds is 5. The van der Waals surface area contributed by atoms with Gasteiger partial charge in [0.2, 0.25) is 0 Å². The molecular formula is C7H11NO5. The van der Waals surface area contributed by atoms with Crippen molar-refractivity contribution in [3.63, 3.8) is 0 Å². The zero-order chi connectivity index (χ0) is 10.6. The summed E-state index contributed by atoms with van der Waals surface area (Å²) >= 11 is 0. The van der Waals surface area contributed by atoms with E-state index >= 15 is 0 Å². The van der Waals surface area contributed by atoms with Gasteiger partial charge in [0, 0.05) is 6.42 Å². The summed E-state index contributed by atoms with van der Waals surface area (Å²) in [4.78, 5) is 20.9. The minimum atomic E-state index is -2.49. The fourth-order valence-electron chi connectivity index (χ4n) is 0.771. The average Bonchev–Trinajstić information content (AvgIpc) is 2.02. The summed E-state index contributed by atoms with van der Waals surface area (Å²) in [6, 6.07) is 0. The molecule has 0 radical (unpaired) electrons. The smallest absolute Gasteiger partial charge is 0.336 e. The van der Waals surface area contributed by atoms with Crippen molar-refractivity contribution >= 4 is 11.9 Å². The van der Waals surface area contributed by atoms with Gasteiger partial charge >= 0.3 is 5.97 Å². The molecule has 1 amide bonds. The van der Waals surface area contributed by atoms with Crippen LogP contribution in [0.15, 0.2) is 12.7 Å². The number of amides is 1. The van der Waals surface area contributed by atoms with Crippen molar-refractivity contribution in [3.8, 4) is 0 Å². The van der Waals surface area contributed by atoms with Gasteiger partial charge in [-0.15, -0.1) is 6.58 Å². The van der Waals surface area contributed by atoms with Crippen molar-refractivity contribution in [1.82, 2.24) is 0 Å². The van der Waals surface area contributed by atoms with Crippen LogP contribution in [0.2, 0.25) is 0 Å². The summed E-state index contributed by atoms with van der Waals surface area (Å²) in [6.07, 6.45) is -1.57. The number of carbonyl (C=O) groups excluding carboxylic acids is 1. The zero-order valence-corrected chi connectivity index (χ0v) is 6.80. The molecule has 0 heterocycles. The maximum atomic E-state index is 10.7. The number of aliphatic hydroxyl groups is 2. The zero-order valence-electron chi connectivity index (χ0n) is 6.80. The number of hydrogen-bond acceptors (Lipinski definition) is 4. The molecule has 6 heteroatoms. The predicted octanol–water partition coefficient (Wildman–Crippen LogP) is -1.78. The Morgan fingerprint density at radius 2 is 2.08 bits per heavy atom. The third-order valence-electron chi connectivity index (χ3n) is 1.57. The Morgan fingerprint density at radius 3 is 2.31 bits per heavy atom. The lowest BCUT2D eigenvalue weighted by Crippen LogP contribution is -2.55. The summed E-state index contributed by atoms with van der Waals surface area (Å²) in [5.41, 5.74) is 2.24. The summed E-state index contributed by atoms with van der Waals surface area (Å²) < 4.78 is 0. The minimum absolute atomic E-state index is 0.421. The lowest BCUT2D eigenvalue weighted by Gasteiger charge is -2.25. The van der Waals surface area contributed by atoms with Crippen molar-refractivity contribution in [1.29, 1.82) is 0 Å². The Kier molecular flexibility index (Phi) is 3.58. The second kappa shape index (κ2) is 4.01. The fourth-order valence-corrected chi connectivity index (χ4v) is 0.771. The first-order valence-corrected chi connectivity index (χ1v) is 3.40. The van der Waals surface area contributed by atoms with Crippen LogP contribution in [0.3, 0.4) is 0 Å². The first kappa shape index (κ1) is 11.6. The molecule has 0 rings (SSSR count). The van der Waals surface area contributed by atoms with Crippen molar-refractivity contribution in [3.05, 3.63) is 12.7 Å². The second-order valence-corrected chi connectivity index (χ2v) is 2.52. The number of primary amides is 1. The molecule has 0 aliphatic heterocycles. The van der Waals surface area contributed by atoms with E-state index < -0.39 is 30.0 Å². The Morgan fingerprint density at radius 1 is 1.62 bits per heavy atom. The van der Waals surface area contributed by atoms with Gasteiger partial charge in [0.1, 0.15) is 0 Å². The van der Waals surface area contributed by atoms with Crippen LogP contribution >= 0.6 is 0 Å². The molecule has 0 aromatic heterocycles. The molecule has 0 spiro atoms. The van der Waals surface area contributed by atoms with E-state index in [1.807, 2.05) is 0 Å². The highest BCUT2D eigenvalue weighted by Gasteiger charge is 2.44. The molecule has 0 aliphatic rings. The Bertz CT molecular complexity index is 239. The molecule has 0 fully saturated rings. The van der Waals surface area contributed by atoms with Gasteiger partial charge in [-0.25, -0.2) is 4.79 Å². The third kappa shape index (κ3) is 2.27. The minimum Gasteiger partial charge on any atom is -0.479 e. The van der Waals surface area contributed by atoms with Crippen LogP contribution in [-0.2, 0) is 9.59 Å². The van der Waals surface area contributed by atoms with Crippen LogP contribution in [0, 0.1) is 0 Å². The van der Waals surface area contributed by atoms with Crippen LogP contribution in [0.4, 0.5) is 0 Å². The van der Waals surface area contributed by atoms with Gasteiger partial charge in [0.25, 0.3) is 5.91 Å². The van der Waals surface area contributed by atoms with E-state index in [9.17, 15) is 14.7 Å². The van der Waals surface area contributed by atoms with Crippen LogP contribution < -0.4 is 5.73 Å². The number of nitrogens with two attached hydrogens (primary N) is 1. The molecule has 0 aromatic rings. The molecule has 2 atom stereocenters. The lowest BCUT2D eigenvalue weighted by atomic mass is 9.92. The van der Waals surface area contributed by atoms with E-state index in [0.717, 1.165) is 6.08 Å². The van der Waals surface area contributed by atoms with Crippen LogP contribution in [-0.4, -0.2) is 38.9 Å². The van der Waals surface area contributed by atoms with Crippen LogP contribution in [0.1, 0.15) is 6.42 Å². The number of aliphatic carboxylic acids is 1. The van der Waals surface area contributed by atoms with Gasteiger partial charge in [-0.2, -0.15) is 0 Å². The SMILES string of the molecule is C=CCC(O)(C(N)=O)C(O)C(=O)O. The van der Waals surface area contributed by atoms with Crippen molar-refractivity contribution in [2.45, 2.75) is 18.1 Å². The maximum absolute atomic E-state index is 10.7. The number of aliphatic hydroxyl groups excluding tert-OH is 1. The largest absolute Gasteiger partial charge is 0.479 e. The predicted molar refractivity (Wildman–Crippen MR) is 42.6 cm³/mol. The van der Waals surface area contributed by atoms with Gasteiger partial charge in [-0.1, -0.05) is 6.08 Å². The van der Waals surface area contributed by atoms with Gasteiger partial charge in [-0.3, -0.25) is 4.79 Å². The Hall–Kier alpha value is -1.40. The average molecular weight is 189 g/mol. The number of hydrogen-bond donors (Lipinski definition) is 4. The van der Waals surface area contributed by atoms with Gasteiger partial charge in [0.05, 0.1) is 0 Å². The molecule has 0 saturated heterocycles. The van der Waals surface area contributed by atoms with Gasteiger partial charge in [-0.05, 0) is 0 Å². The summed E-state index contributed by atoms with van der Waals surface area (Å²) in [7, 11) is 0. The van der Waals surface area contributed by atoms with Crippen molar-refractivity contribution < 1.29 is 24.9 Å². The molecule has 2 unspecified atom stereocenters. The fraction of sp³-hybridized carbons (Fsp3) is 0.429. The normalized spacial score (nSPS) is 17.1. The molecule has 0 saturated carbocycles. The maximum Gasteiger partial charge on any atom is 0.336 e. The monoisotopic (exact) mass is 189 g/mol. The molecule has 0 aromatic carbocycles. The second-order valence-electron chi connectivity index (χ2n) is 2.52. The Labute approximate surface area is 74.3 Å². The summed E-state index contributed by atoms with van der Waals surface area (Å²) in [5, 5.41) is 26.6. The molecular weight excluding hydrogens is 178 g/mol. The van der Waals surface area contributed by atoms with Gasteiger partial charge < -0.3 is 21.1 Å². The van der Waals surface area contributed by atoms with E-state index in [4.69, 9.17) is 15.9 Å². The first-order valence-electron chi connectivity index (χ1n) is 3.40. The third-order valence-corrected chi connectivity index (χ3v) is 1.57. The van der Waals surface area contributed by atoms with Crippen molar-refractivity contribution in [2.24, 2.45) is 5.73 Å². The highest BCUT2D eigenvalue weighted by atomic mass is 16.4. The molecule has 0 aliphatic carbocycles. The quantitative estimate of drug-likeness (QED) is 0.381. The number of carboxylic acid groups (broad SMARTS) is 1. The van der Waals surface area contributed by atoms with Crippen LogP contribution in [0.5, 0.6) is 0 Å². The molecule has 0 bridgehead atoms. The summed E-state index contributed by atoms with van der Waals surface area (Å²) in [6.45, 7) is 3.20. The Balaban J connectivity index is 4.87. The van der Waals surface area contributed by atoms with E-state index in [1.54, 1.807) is 0 Å². The van der Waals surface area contributed by atoms with E-state index in [2.05, 4.69) is 6.58 Å². The lowest BCUT2D eigenvalue weighted by molar-refractivity contribution is -0.170.